The standard InChI is InChI=1S/C21H20ClF2N3O4S/c1-3-27-19(29)17(12-18(28)25-13-4-8-15(30-2)9-5-13)32-20(27)26-14-6-10-16(11-7-14)31-21(22,23)24/h4-11,17H,3,12H2,1-2H3,(H,25,28)/t17-/m0/s1. The molecule has 1 N–H and O–H groups in total. The third-order valence-electron chi connectivity index (χ3n) is 4.38. The molecule has 0 aromatic heterocycles. The number of nitrogens with one attached hydrogen (secondary N) is 1. The summed E-state index contributed by atoms with van der Waals surface area (Å²) >= 11 is 5.93. The number of alkyl halides is 3. The zero-order chi connectivity index (χ0) is 23.3. The van der Waals surface area contributed by atoms with E-state index in [2.05, 4.69) is 15.0 Å². The molecule has 0 aliphatic carbocycles. The van der Waals surface area contributed by atoms with Crippen LogP contribution < -0.4 is 14.8 Å². The van der Waals surface area contributed by atoms with Crippen molar-refractivity contribution in [1.82, 2.24) is 4.90 Å². The van der Waals surface area contributed by atoms with Gasteiger partial charge < -0.3 is 14.8 Å². The Labute approximate surface area is 192 Å². The van der Waals surface area contributed by atoms with Crippen molar-refractivity contribution in [3.05, 3.63) is 48.5 Å². The number of amides is 2. The Bertz CT molecular complexity index is 998. The van der Waals surface area contributed by atoms with Crippen LogP contribution in [-0.2, 0) is 9.59 Å². The van der Waals surface area contributed by atoms with Crippen molar-refractivity contribution in [2.45, 2.75) is 24.2 Å². The third-order valence-corrected chi connectivity index (χ3v) is 5.63. The topological polar surface area (TPSA) is 80.2 Å². The Morgan fingerprint density at radius 2 is 1.81 bits per heavy atom. The molecule has 1 aliphatic heterocycles. The highest BCUT2D eigenvalue weighted by molar-refractivity contribution is 8.15. The lowest BCUT2D eigenvalue weighted by Crippen LogP contribution is -2.33. The Balaban J connectivity index is 1.66. The van der Waals surface area contributed by atoms with Crippen LogP contribution in [0, 0.1) is 0 Å². The summed E-state index contributed by atoms with van der Waals surface area (Å²) in [5.74, 6) is 0.0224. The van der Waals surface area contributed by atoms with Gasteiger partial charge in [0.15, 0.2) is 5.17 Å². The molecule has 11 heteroatoms. The highest BCUT2D eigenvalue weighted by atomic mass is 35.5. The second kappa shape index (κ2) is 10.2. The predicted octanol–water partition coefficient (Wildman–Crippen LogP) is 4.84. The molecular formula is C21H20ClF2N3O4S. The number of aliphatic imine (C=N–C) groups is 1. The van der Waals surface area contributed by atoms with Crippen LogP contribution >= 0.6 is 23.4 Å². The molecule has 7 nitrogen and oxygen atoms in total. The van der Waals surface area contributed by atoms with Gasteiger partial charge in [-0.15, -0.1) is 8.78 Å². The lowest BCUT2D eigenvalue weighted by molar-refractivity contribution is -0.128. The monoisotopic (exact) mass is 483 g/mol. The smallest absolute Gasteiger partial charge is 0.487 e. The number of amidine groups is 1. The number of nitrogens with zero attached hydrogens (tertiary/aromatic N) is 2. The summed E-state index contributed by atoms with van der Waals surface area (Å²) in [6, 6.07) is 12.4. The number of hydrogen-bond donors (Lipinski definition) is 1. The van der Waals surface area contributed by atoms with Crippen LogP contribution in [0.2, 0.25) is 0 Å². The van der Waals surface area contributed by atoms with Crippen molar-refractivity contribution >= 4 is 51.7 Å². The Hall–Kier alpha value is -2.85. The van der Waals surface area contributed by atoms with Gasteiger partial charge in [-0.3, -0.25) is 14.5 Å². The van der Waals surface area contributed by atoms with E-state index in [1.165, 1.54) is 40.9 Å². The van der Waals surface area contributed by atoms with Gasteiger partial charge in [-0.1, -0.05) is 11.8 Å². The number of methoxy groups -OCH3 is 1. The lowest BCUT2D eigenvalue weighted by atomic mass is 10.2. The molecule has 0 unspecified atom stereocenters. The summed E-state index contributed by atoms with van der Waals surface area (Å²) in [5, 5.41) is 2.56. The first-order chi connectivity index (χ1) is 15.2. The van der Waals surface area contributed by atoms with E-state index in [1.54, 1.807) is 38.3 Å². The quantitative estimate of drug-likeness (QED) is 0.543. The Kier molecular flexibility index (Phi) is 7.57. The van der Waals surface area contributed by atoms with Gasteiger partial charge >= 0.3 is 5.57 Å². The molecule has 1 saturated heterocycles. The van der Waals surface area contributed by atoms with Gasteiger partial charge in [0.1, 0.15) is 16.7 Å². The summed E-state index contributed by atoms with van der Waals surface area (Å²) in [5.41, 5.74) is -2.77. The van der Waals surface area contributed by atoms with E-state index < -0.39 is 10.8 Å². The van der Waals surface area contributed by atoms with E-state index in [0.29, 0.717) is 28.8 Å². The summed E-state index contributed by atoms with van der Waals surface area (Å²) < 4.78 is 34.8. The van der Waals surface area contributed by atoms with Crippen LogP contribution in [-0.4, -0.2) is 46.4 Å². The van der Waals surface area contributed by atoms with Crippen LogP contribution in [0.4, 0.5) is 20.2 Å². The number of ether oxygens (including phenoxy) is 2. The van der Waals surface area contributed by atoms with Gasteiger partial charge in [0.2, 0.25) is 11.8 Å². The molecule has 1 heterocycles. The van der Waals surface area contributed by atoms with Crippen molar-refractivity contribution in [3.63, 3.8) is 0 Å². The van der Waals surface area contributed by atoms with E-state index in [-0.39, 0.29) is 24.0 Å². The SMILES string of the molecule is CCN1C(=O)[C@H](CC(=O)Nc2ccc(OC)cc2)SC1=Nc1ccc(OC(F)(F)Cl)cc1. The number of carbonyl (C=O) groups excluding carboxylic acids is 2. The summed E-state index contributed by atoms with van der Waals surface area (Å²) in [4.78, 5) is 31.1. The van der Waals surface area contributed by atoms with E-state index in [9.17, 15) is 18.4 Å². The van der Waals surface area contributed by atoms with Gasteiger partial charge in [-0.2, -0.15) is 0 Å². The predicted molar refractivity (Wildman–Crippen MR) is 120 cm³/mol. The van der Waals surface area contributed by atoms with Crippen molar-refractivity contribution in [2.24, 2.45) is 4.99 Å². The number of halogens is 3. The normalized spacial score (nSPS) is 17.5. The van der Waals surface area contributed by atoms with Gasteiger partial charge in [0.25, 0.3) is 0 Å². The van der Waals surface area contributed by atoms with Gasteiger partial charge in [-0.25, -0.2) is 4.99 Å². The van der Waals surface area contributed by atoms with Crippen molar-refractivity contribution in [1.29, 1.82) is 0 Å². The maximum absolute atomic E-state index is 12.7. The maximum Gasteiger partial charge on any atom is 0.487 e. The van der Waals surface area contributed by atoms with E-state index in [1.807, 2.05) is 0 Å². The maximum atomic E-state index is 12.7. The zero-order valence-electron chi connectivity index (χ0n) is 17.2. The Morgan fingerprint density at radius 1 is 1.19 bits per heavy atom. The number of thioether (sulfide) groups is 1. The highest BCUT2D eigenvalue weighted by Crippen LogP contribution is 2.33. The third kappa shape index (κ3) is 6.33. The number of rotatable bonds is 8. The van der Waals surface area contributed by atoms with Crippen LogP contribution in [0.3, 0.4) is 0 Å². The summed E-state index contributed by atoms with van der Waals surface area (Å²) in [7, 11) is 1.55. The fourth-order valence-electron chi connectivity index (χ4n) is 2.90. The molecule has 1 fully saturated rings. The number of hydrogen-bond acceptors (Lipinski definition) is 6. The molecule has 3 rings (SSSR count). The number of benzene rings is 2. The molecule has 32 heavy (non-hydrogen) atoms. The van der Waals surface area contributed by atoms with Crippen LogP contribution in [0.25, 0.3) is 0 Å². The summed E-state index contributed by atoms with van der Waals surface area (Å²) in [6.45, 7) is 2.17. The zero-order valence-corrected chi connectivity index (χ0v) is 18.8. The number of anilines is 1. The molecule has 0 radical (unpaired) electrons. The van der Waals surface area contributed by atoms with Crippen LogP contribution in [0.15, 0.2) is 53.5 Å². The highest BCUT2D eigenvalue weighted by Gasteiger charge is 2.38. The first-order valence-corrected chi connectivity index (χ1v) is 10.8. The molecule has 0 saturated carbocycles. The van der Waals surface area contributed by atoms with Gasteiger partial charge in [0.05, 0.1) is 12.8 Å². The van der Waals surface area contributed by atoms with E-state index in [4.69, 9.17) is 16.3 Å². The lowest BCUT2D eigenvalue weighted by Gasteiger charge is -2.13. The molecule has 1 atom stereocenters. The van der Waals surface area contributed by atoms with Crippen molar-refractivity contribution in [3.8, 4) is 11.5 Å². The first-order valence-electron chi connectivity index (χ1n) is 9.55. The first kappa shape index (κ1) is 23.8. The molecular weight excluding hydrogens is 464 g/mol. The number of carbonyl (C=O) groups is 2. The average Bonchev–Trinajstić information content (AvgIpc) is 3.02. The van der Waals surface area contributed by atoms with Crippen molar-refractivity contribution < 1.29 is 27.8 Å². The van der Waals surface area contributed by atoms with Crippen molar-refractivity contribution in [2.75, 3.05) is 19.0 Å². The second-order valence-electron chi connectivity index (χ2n) is 6.61. The minimum atomic E-state index is -3.81. The van der Waals surface area contributed by atoms with Crippen LogP contribution in [0.5, 0.6) is 11.5 Å². The molecule has 0 bridgehead atoms. The second-order valence-corrected chi connectivity index (χ2v) is 8.22. The Morgan fingerprint density at radius 3 is 2.38 bits per heavy atom. The molecule has 2 amide bonds. The molecule has 0 spiro atoms. The fraction of sp³-hybridized carbons (Fsp3) is 0.286. The summed E-state index contributed by atoms with van der Waals surface area (Å²) in [6.07, 6.45) is -0.0252. The molecule has 2 aromatic rings. The van der Waals surface area contributed by atoms with Gasteiger partial charge in [0, 0.05) is 30.3 Å². The molecule has 2 aromatic carbocycles. The van der Waals surface area contributed by atoms with Crippen LogP contribution in [0.1, 0.15) is 13.3 Å². The minimum absolute atomic E-state index is 0.0252. The molecule has 170 valence electrons. The van der Waals surface area contributed by atoms with Gasteiger partial charge in [-0.05, 0) is 55.5 Å². The average molecular weight is 484 g/mol. The van der Waals surface area contributed by atoms with E-state index in [0.717, 1.165) is 0 Å². The van der Waals surface area contributed by atoms with E-state index >= 15 is 0 Å². The fourth-order valence-corrected chi connectivity index (χ4v) is 4.21. The molecule has 1 aliphatic rings. The largest absolute Gasteiger partial charge is 0.497 e. The minimum Gasteiger partial charge on any atom is -0.497 e.